The van der Waals surface area contributed by atoms with Gasteiger partial charge in [0, 0.05) is 6.42 Å². The van der Waals surface area contributed by atoms with Crippen LogP contribution < -0.4 is 5.32 Å². The third kappa shape index (κ3) is 17.5. The summed E-state index contributed by atoms with van der Waals surface area (Å²) in [5, 5.41) is 22.6. The van der Waals surface area contributed by atoms with Crippen LogP contribution in [0.15, 0.2) is 0 Å². The first-order valence-corrected chi connectivity index (χ1v) is 12.2. The summed E-state index contributed by atoms with van der Waals surface area (Å²) in [5.74, 6) is -0.0428. The molecule has 0 bridgehead atoms. The second-order valence-corrected chi connectivity index (χ2v) is 8.41. The van der Waals surface area contributed by atoms with Gasteiger partial charge in [-0.15, -0.1) is 0 Å². The maximum Gasteiger partial charge on any atom is 0.220 e. The molecule has 0 unspecified atom stereocenters. The summed E-state index contributed by atoms with van der Waals surface area (Å²) in [4.78, 5) is 12.0. The lowest BCUT2D eigenvalue weighted by Crippen LogP contribution is -2.45. The number of aliphatic hydroxyl groups excluding tert-OH is 2. The van der Waals surface area contributed by atoms with Crippen LogP contribution in [0.1, 0.15) is 129 Å². The maximum atomic E-state index is 12.0. The van der Waals surface area contributed by atoms with E-state index in [0.29, 0.717) is 12.8 Å². The van der Waals surface area contributed by atoms with Crippen LogP contribution in [-0.4, -0.2) is 34.9 Å². The van der Waals surface area contributed by atoms with E-state index in [1.807, 2.05) is 0 Å². The molecule has 0 aliphatic heterocycles. The molecule has 0 aliphatic carbocycles. The Balaban J connectivity index is 3.67. The zero-order valence-electron chi connectivity index (χ0n) is 18.9. The van der Waals surface area contributed by atoms with Gasteiger partial charge in [-0.2, -0.15) is 0 Å². The van der Waals surface area contributed by atoms with Gasteiger partial charge in [0.15, 0.2) is 0 Å². The zero-order chi connectivity index (χ0) is 20.9. The number of hydrogen-bond acceptors (Lipinski definition) is 3. The minimum Gasteiger partial charge on any atom is -0.394 e. The van der Waals surface area contributed by atoms with Crippen LogP contribution >= 0.6 is 0 Å². The van der Waals surface area contributed by atoms with Crippen molar-refractivity contribution >= 4 is 5.91 Å². The van der Waals surface area contributed by atoms with E-state index >= 15 is 0 Å². The van der Waals surface area contributed by atoms with E-state index in [0.717, 1.165) is 25.7 Å². The summed E-state index contributed by atoms with van der Waals surface area (Å²) in [7, 11) is 0. The van der Waals surface area contributed by atoms with Crippen molar-refractivity contribution in [3.05, 3.63) is 0 Å². The Kier molecular flexibility index (Phi) is 20.6. The topological polar surface area (TPSA) is 69.6 Å². The number of aliphatic hydroxyl groups is 2. The molecule has 168 valence electrons. The second kappa shape index (κ2) is 21.1. The van der Waals surface area contributed by atoms with Gasteiger partial charge in [0.2, 0.25) is 5.91 Å². The highest BCUT2D eigenvalue weighted by Crippen LogP contribution is 2.13. The van der Waals surface area contributed by atoms with Crippen molar-refractivity contribution in [3.8, 4) is 0 Å². The van der Waals surface area contributed by atoms with Gasteiger partial charge in [-0.3, -0.25) is 4.79 Å². The molecule has 0 radical (unpaired) electrons. The lowest BCUT2D eigenvalue weighted by molar-refractivity contribution is -0.123. The third-order valence-corrected chi connectivity index (χ3v) is 5.62. The molecular formula is C24H49NO3. The molecule has 3 N–H and O–H groups in total. The molecular weight excluding hydrogens is 350 g/mol. The van der Waals surface area contributed by atoms with Crippen LogP contribution in [0.4, 0.5) is 0 Å². The van der Waals surface area contributed by atoms with Crippen LogP contribution in [-0.2, 0) is 4.79 Å². The average Bonchev–Trinajstić information content (AvgIpc) is 2.69. The van der Waals surface area contributed by atoms with Crippen molar-refractivity contribution in [2.45, 2.75) is 142 Å². The quantitative estimate of drug-likeness (QED) is 0.211. The number of unbranched alkanes of at least 4 members (excludes halogenated alkanes) is 14. The number of nitrogens with one attached hydrogen (secondary N) is 1. The Hall–Kier alpha value is -0.610. The zero-order valence-corrected chi connectivity index (χ0v) is 18.9. The Labute approximate surface area is 174 Å². The van der Waals surface area contributed by atoms with Gasteiger partial charge in [-0.1, -0.05) is 110 Å². The first-order valence-electron chi connectivity index (χ1n) is 12.2. The Morgan fingerprint density at radius 3 is 1.61 bits per heavy atom. The van der Waals surface area contributed by atoms with Crippen molar-refractivity contribution in [2.24, 2.45) is 0 Å². The number of carbonyl (C=O) groups is 1. The van der Waals surface area contributed by atoms with E-state index in [2.05, 4.69) is 19.2 Å². The molecule has 4 nitrogen and oxygen atoms in total. The fourth-order valence-corrected chi connectivity index (χ4v) is 3.65. The molecule has 0 spiro atoms. The summed E-state index contributed by atoms with van der Waals surface area (Å²) in [6.07, 6.45) is 20.0. The average molecular weight is 400 g/mol. The predicted octanol–water partition coefficient (Wildman–Crippen LogP) is 5.89. The van der Waals surface area contributed by atoms with Crippen molar-refractivity contribution in [2.75, 3.05) is 6.61 Å². The van der Waals surface area contributed by atoms with Gasteiger partial charge in [-0.25, -0.2) is 0 Å². The van der Waals surface area contributed by atoms with E-state index < -0.39 is 12.1 Å². The van der Waals surface area contributed by atoms with E-state index in [1.165, 1.54) is 77.0 Å². The fraction of sp³-hybridized carbons (Fsp3) is 0.958. The molecule has 4 heteroatoms. The first kappa shape index (κ1) is 27.4. The number of hydrogen-bond donors (Lipinski definition) is 3. The minimum atomic E-state index is -0.646. The highest BCUT2D eigenvalue weighted by molar-refractivity contribution is 5.76. The molecule has 2 atom stereocenters. The molecule has 28 heavy (non-hydrogen) atoms. The number of amides is 1. The van der Waals surface area contributed by atoms with Crippen LogP contribution in [0, 0.1) is 0 Å². The van der Waals surface area contributed by atoms with Crippen LogP contribution in [0.5, 0.6) is 0 Å². The van der Waals surface area contributed by atoms with Gasteiger partial charge < -0.3 is 15.5 Å². The molecule has 0 rings (SSSR count). The van der Waals surface area contributed by atoms with Crippen molar-refractivity contribution in [1.29, 1.82) is 0 Å². The molecule has 0 saturated heterocycles. The highest BCUT2D eigenvalue weighted by Gasteiger charge is 2.19. The van der Waals surface area contributed by atoms with Crippen LogP contribution in [0.2, 0.25) is 0 Å². The predicted molar refractivity (Wildman–Crippen MR) is 119 cm³/mol. The molecule has 0 aromatic carbocycles. The van der Waals surface area contributed by atoms with Gasteiger partial charge in [0.25, 0.3) is 0 Å². The Morgan fingerprint density at radius 1 is 0.714 bits per heavy atom. The normalized spacial score (nSPS) is 13.4. The van der Waals surface area contributed by atoms with Gasteiger partial charge >= 0.3 is 0 Å². The summed E-state index contributed by atoms with van der Waals surface area (Å²) in [5.41, 5.74) is 0. The lowest BCUT2D eigenvalue weighted by Gasteiger charge is -2.22. The lowest BCUT2D eigenvalue weighted by atomic mass is 10.0. The molecule has 0 heterocycles. The van der Waals surface area contributed by atoms with Gasteiger partial charge in [-0.05, 0) is 12.8 Å². The minimum absolute atomic E-state index is 0.0428. The second-order valence-electron chi connectivity index (χ2n) is 8.41. The van der Waals surface area contributed by atoms with E-state index in [-0.39, 0.29) is 12.5 Å². The standard InChI is InChI=1S/C24H49NO3/c1-3-5-7-9-11-12-14-15-17-19-23(27)22(21-26)25-24(28)20-18-16-13-10-8-6-4-2/h22-23,26-27H,3-21H2,1-2H3,(H,25,28)/t22-,23+/m0/s1. The van der Waals surface area contributed by atoms with Crippen LogP contribution in [0.25, 0.3) is 0 Å². The molecule has 0 saturated carbocycles. The smallest absolute Gasteiger partial charge is 0.220 e. The van der Waals surface area contributed by atoms with E-state index in [9.17, 15) is 15.0 Å². The SMILES string of the molecule is CCCCCCCCCCC[C@@H](O)[C@H](CO)NC(=O)CCCCCCCCC. The third-order valence-electron chi connectivity index (χ3n) is 5.62. The Morgan fingerprint density at radius 2 is 1.14 bits per heavy atom. The molecule has 1 amide bonds. The largest absolute Gasteiger partial charge is 0.394 e. The molecule has 0 aromatic heterocycles. The number of carbonyl (C=O) groups excluding carboxylic acids is 1. The summed E-state index contributed by atoms with van der Waals surface area (Å²) in [6, 6.07) is -0.522. The Bertz CT molecular complexity index is 336. The van der Waals surface area contributed by atoms with Gasteiger partial charge in [0.05, 0.1) is 18.8 Å². The first-order chi connectivity index (χ1) is 13.7. The van der Waals surface area contributed by atoms with Gasteiger partial charge in [0.1, 0.15) is 0 Å². The number of rotatable bonds is 21. The van der Waals surface area contributed by atoms with Crippen molar-refractivity contribution in [3.63, 3.8) is 0 Å². The highest BCUT2D eigenvalue weighted by atomic mass is 16.3. The fourth-order valence-electron chi connectivity index (χ4n) is 3.65. The van der Waals surface area contributed by atoms with E-state index in [4.69, 9.17) is 0 Å². The molecule has 0 aromatic rings. The monoisotopic (exact) mass is 399 g/mol. The summed E-state index contributed by atoms with van der Waals surface area (Å²) < 4.78 is 0. The van der Waals surface area contributed by atoms with Crippen molar-refractivity contribution in [1.82, 2.24) is 5.32 Å². The van der Waals surface area contributed by atoms with Crippen molar-refractivity contribution < 1.29 is 15.0 Å². The summed E-state index contributed by atoms with van der Waals surface area (Å²) in [6.45, 7) is 4.26. The summed E-state index contributed by atoms with van der Waals surface area (Å²) >= 11 is 0. The molecule has 0 fully saturated rings. The molecule has 0 aliphatic rings. The maximum absolute atomic E-state index is 12.0. The van der Waals surface area contributed by atoms with E-state index in [1.54, 1.807) is 0 Å². The van der Waals surface area contributed by atoms with Crippen LogP contribution in [0.3, 0.4) is 0 Å².